The molecule has 0 spiro atoms. The summed E-state index contributed by atoms with van der Waals surface area (Å²) in [5.41, 5.74) is 1.59. The molecule has 0 aliphatic carbocycles. The summed E-state index contributed by atoms with van der Waals surface area (Å²) in [6, 6.07) is 1.79. The maximum absolute atomic E-state index is 4.92. The van der Waals surface area contributed by atoms with Gasteiger partial charge in [0.2, 0.25) is 0 Å². The van der Waals surface area contributed by atoms with Crippen LogP contribution >= 0.6 is 0 Å². The molecule has 0 bridgehead atoms. The van der Waals surface area contributed by atoms with E-state index in [9.17, 15) is 0 Å². The largest absolute Gasteiger partial charge is 0.365 e. The van der Waals surface area contributed by atoms with Crippen LogP contribution in [0, 0.1) is 0 Å². The lowest BCUT2D eigenvalue weighted by atomic mass is 10.4. The molecular weight excluding hydrogens is 130 g/mol. The second-order valence-electron chi connectivity index (χ2n) is 1.85. The lowest BCUT2D eigenvalue weighted by molar-refractivity contribution is 0.338. The van der Waals surface area contributed by atoms with Gasteiger partial charge in [-0.1, -0.05) is 4.69 Å². The van der Waals surface area contributed by atoms with E-state index in [-0.39, 0.29) is 0 Å². The van der Waals surface area contributed by atoms with Gasteiger partial charge in [0.25, 0.3) is 0 Å². The average Bonchev–Trinajstić information content (AvgIpc) is 2.44. The molecule has 50 valence electrons. The van der Waals surface area contributed by atoms with E-state index < -0.39 is 0 Å². The molecule has 0 unspecified atom stereocenters. The second kappa shape index (κ2) is 1.70. The fourth-order valence-electron chi connectivity index (χ4n) is 0.841. The Morgan fingerprint density at radius 2 is 2.60 bits per heavy atom. The Morgan fingerprint density at radius 1 is 1.70 bits per heavy atom. The molecule has 0 aliphatic rings. The fraction of sp³-hybridized carbons (Fsp3) is 0. The van der Waals surface area contributed by atoms with Crippen molar-refractivity contribution >= 4 is 17.9 Å². The third-order valence-corrected chi connectivity index (χ3v) is 1.31. The van der Waals surface area contributed by atoms with E-state index in [1.165, 1.54) is 4.69 Å². The van der Waals surface area contributed by atoms with E-state index in [2.05, 4.69) is 16.8 Å². The van der Waals surface area contributed by atoms with Crippen LogP contribution in [0.3, 0.4) is 0 Å². The highest BCUT2D eigenvalue weighted by atomic mass is 16.5. The summed E-state index contributed by atoms with van der Waals surface area (Å²) in [6.45, 7) is 3.39. The zero-order chi connectivity index (χ0) is 6.97. The van der Waals surface area contributed by atoms with Crippen LogP contribution in [0.15, 0.2) is 28.0 Å². The first-order chi connectivity index (χ1) is 4.92. The smallest absolute Gasteiger partial charge is 0.132 e. The average molecular weight is 135 g/mol. The summed E-state index contributed by atoms with van der Waals surface area (Å²) in [6.07, 6.45) is 3.16. The number of rotatable bonds is 1. The van der Waals surface area contributed by atoms with Gasteiger partial charge < -0.3 is 4.52 Å². The quantitative estimate of drug-likeness (QED) is 0.552. The monoisotopic (exact) mass is 135 g/mol. The molecule has 0 saturated carbocycles. The van der Waals surface area contributed by atoms with E-state index in [1.54, 1.807) is 18.5 Å². The Balaban J connectivity index is 2.88. The van der Waals surface area contributed by atoms with Crippen molar-refractivity contribution in [2.45, 2.75) is 0 Å². The van der Waals surface area contributed by atoms with Gasteiger partial charge in [-0.15, -0.1) is 5.10 Å². The number of hydrogen-bond donors (Lipinski definition) is 0. The maximum atomic E-state index is 4.92. The Bertz CT molecular complexity index is 360. The van der Waals surface area contributed by atoms with E-state index in [4.69, 9.17) is 4.52 Å². The molecule has 4 nitrogen and oxygen atoms in total. The molecule has 4 heteroatoms. The summed E-state index contributed by atoms with van der Waals surface area (Å²) in [7, 11) is 0. The second-order valence-corrected chi connectivity index (χ2v) is 1.85. The molecular formula is C6H5N3O. The summed E-state index contributed by atoms with van der Waals surface area (Å²) in [5.74, 6) is 0. The first-order valence-electron chi connectivity index (χ1n) is 2.80. The van der Waals surface area contributed by atoms with Crippen LogP contribution in [-0.2, 0) is 0 Å². The fourth-order valence-corrected chi connectivity index (χ4v) is 0.841. The summed E-state index contributed by atoms with van der Waals surface area (Å²) >= 11 is 0. The summed E-state index contributed by atoms with van der Waals surface area (Å²) < 4.78 is 6.31. The van der Waals surface area contributed by atoms with Crippen LogP contribution in [0.4, 0.5) is 5.69 Å². The highest BCUT2D eigenvalue weighted by Gasteiger charge is 2.01. The molecule has 0 fully saturated rings. The molecule has 0 saturated heterocycles. The van der Waals surface area contributed by atoms with Gasteiger partial charge in [0.05, 0.1) is 6.20 Å². The predicted molar refractivity (Wildman–Crippen MR) is 36.7 cm³/mol. The molecule has 0 aromatic carbocycles. The van der Waals surface area contributed by atoms with Crippen molar-refractivity contribution in [3.05, 3.63) is 18.5 Å². The van der Waals surface area contributed by atoms with E-state index in [0.717, 1.165) is 11.2 Å². The van der Waals surface area contributed by atoms with Crippen LogP contribution in [0.5, 0.6) is 0 Å². The minimum Gasteiger partial charge on any atom is -0.365 e. The third-order valence-electron chi connectivity index (χ3n) is 1.31. The van der Waals surface area contributed by atoms with Crippen LogP contribution in [-0.4, -0.2) is 16.5 Å². The SMILES string of the molecule is C=Nc1cnn2occc12. The number of aromatic nitrogens is 2. The molecule has 10 heavy (non-hydrogen) atoms. The van der Waals surface area contributed by atoms with Gasteiger partial charge in [-0.05, 0) is 6.72 Å². The molecule has 2 rings (SSSR count). The molecule has 0 atom stereocenters. The molecule has 0 aliphatic heterocycles. The van der Waals surface area contributed by atoms with E-state index in [1.807, 2.05) is 0 Å². The third kappa shape index (κ3) is 0.500. The number of aliphatic imine (C=N–C) groups is 1. The van der Waals surface area contributed by atoms with Crippen molar-refractivity contribution in [1.29, 1.82) is 0 Å². The van der Waals surface area contributed by atoms with Gasteiger partial charge in [0.15, 0.2) is 0 Å². The lowest BCUT2D eigenvalue weighted by Gasteiger charge is -1.77. The number of fused-ring (bicyclic) bond motifs is 1. The van der Waals surface area contributed by atoms with Gasteiger partial charge in [-0.3, -0.25) is 4.99 Å². The summed E-state index contributed by atoms with van der Waals surface area (Å²) in [4.78, 5) is 3.74. The standard InChI is InChI=1S/C6H5N3O/c1-7-5-4-8-9-6(5)2-3-10-9/h2-4H,1H2. The molecule has 0 radical (unpaired) electrons. The first kappa shape index (κ1) is 5.22. The highest BCUT2D eigenvalue weighted by Crippen LogP contribution is 2.18. The van der Waals surface area contributed by atoms with Crippen LogP contribution in [0.2, 0.25) is 0 Å². The number of hydrogen-bond acceptors (Lipinski definition) is 3. The van der Waals surface area contributed by atoms with Gasteiger partial charge in [0.1, 0.15) is 17.5 Å². The Kier molecular flexibility index (Phi) is 0.887. The van der Waals surface area contributed by atoms with Crippen molar-refractivity contribution in [2.75, 3.05) is 0 Å². The zero-order valence-electron chi connectivity index (χ0n) is 5.19. The molecule has 2 aromatic heterocycles. The van der Waals surface area contributed by atoms with Crippen molar-refractivity contribution in [2.24, 2.45) is 4.99 Å². The van der Waals surface area contributed by atoms with Crippen molar-refractivity contribution < 1.29 is 4.52 Å². The Morgan fingerprint density at radius 3 is 3.40 bits per heavy atom. The Hall–Kier alpha value is -1.58. The molecule has 2 heterocycles. The van der Waals surface area contributed by atoms with Crippen molar-refractivity contribution in [3.8, 4) is 0 Å². The van der Waals surface area contributed by atoms with E-state index in [0.29, 0.717) is 0 Å². The Labute approximate surface area is 56.7 Å². The van der Waals surface area contributed by atoms with Crippen LogP contribution < -0.4 is 0 Å². The van der Waals surface area contributed by atoms with Crippen LogP contribution in [0.1, 0.15) is 0 Å². The molecule has 2 aromatic rings. The van der Waals surface area contributed by atoms with E-state index >= 15 is 0 Å². The topological polar surface area (TPSA) is 42.8 Å². The summed E-state index contributed by atoms with van der Waals surface area (Å²) in [5, 5.41) is 3.87. The van der Waals surface area contributed by atoms with Gasteiger partial charge in [-0.2, -0.15) is 0 Å². The normalized spacial score (nSPS) is 10.4. The first-order valence-corrected chi connectivity index (χ1v) is 2.80. The van der Waals surface area contributed by atoms with Crippen molar-refractivity contribution in [3.63, 3.8) is 0 Å². The minimum absolute atomic E-state index is 0.744. The molecule has 0 N–H and O–H groups in total. The minimum atomic E-state index is 0.744. The van der Waals surface area contributed by atoms with Gasteiger partial charge in [0, 0.05) is 6.07 Å². The number of nitrogens with zero attached hydrogens (tertiary/aromatic N) is 3. The zero-order valence-corrected chi connectivity index (χ0v) is 5.19. The van der Waals surface area contributed by atoms with Crippen molar-refractivity contribution in [1.82, 2.24) is 9.79 Å². The highest BCUT2D eigenvalue weighted by molar-refractivity contribution is 5.68. The lowest BCUT2D eigenvalue weighted by Crippen LogP contribution is -1.74. The molecule has 0 amide bonds. The van der Waals surface area contributed by atoms with Crippen LogP contribution in [0.25, 0.3) is 5.52 Å². The van der Waals surface area contributed by atoms with Gasteiger partial charge >= 0.3 is 0 Å². The van der Waals surface area contributed by atoms with Gasteiger partial charge in [-0.25, -0.2) is 0 Å². The maximum Gasteiger partial charge on any atom is 0.132 e. The predicted octanol–water partition coefficient (Wildman–Crippen LogP) is 1.26.